The topological polar surface area (TPSA) is 98.3 Å². The molecule has 0 spiro atoms. The lowest BCUT2D eigenvalue weighted by Gasteiger charge is -2.37. The average molecular weight is 348 g/mol. The minimum Gasteiger partial charge on any atom is -0.369 e. The van der Waals surface area contributed by atoms with Crippen LogP contribution in [0.1, 0.15) is 26.2 Å². The second-order valence-corrected chi connectivity index (χ2v) is 7.10. The van der Waals surface area contributed by atoms with Crippen molar-refractivity contribution in [2.24, 2.45) is 11.7 Å². The molecule has 0 saturated carbocycles. The van der Waals surface area contributed by atoms with Gasteiger partial charge in [-0.2, -0.15) is 0 Å². The van der Waals surface area contributed by atoms with Crippen molar-refractivity contribution >= 4 is 33.4 Å². The van der Waals surface area contributed by atoms with E-state index < -0.39 is 0 Å². The fourth-order valence-corrected chi connectivity index (χ4v) is 3.82. The summed E-state index contributed by atoms with van der Waals surface area (Å²) < 4.78 is 1.47. The second-order valence-electron chi connectivity index (χ2n) is 6.20. The summed E-state index contributed by atoms with van der Waals surface area (Å²) in [4.78, 5) is 42.9. The average Bonchev–Trinajstić information content (AvgIpc) is 3.03. The molecule has 1 aliphatic heterocycles. The van der Waals surface area contributed by atoms with Gasteiger partial charge in [0.2, 0.25) is 11.8 Å². The van der Waals surface area contributed by atoms with Crippen LogP contribution < -0.4 is 11.3 Å². The highest BCUT2D eigenvalue weighted by Crippen LogP contribution is 2.22. The maximum Gasteiger partial charge on any atom is 0.262 e. The molecule has 8 heteroatoms. The number of thiophene rings is 1. The number of nitrogens with two attached hydrogens (primary N) is 1. The van der Waals surface area contributed by atoms with E-state index in [2.05, 4.69) is 4.98 Å². The molecule has 2 aromatic rings. The van der Waals surface area contributed by atoms with E-state index in [1.807, 2.05) is 12.3 Å². The Bertz CT molecular complexity index is 828. The Morgan fingerprint density at radius 2 is 2.21 bits per heavy atom. The summed E-state index contributed by atoms with van der Waals surface area (Å²) in [6.07, 6.45) is 3.17. The maximum atomic E-state index is 12.5. The van der Waals surface area contributed by atoms with E-state index in [0.717, 1.165) is 12.8 Å². The molecule has 0 radical (unpaired) electrons. The van der Waals surface area contributed by atoms with Gasteiger partial charge in [-0.15, -0.1) is 11.3 Å². The lowest BCUT2D eigenvalue weighted by molar-refractivity contribution is -0.137. The van der Waals surface area contributed by atoms with Crippen LogP contribution in [0.5, 0.6) is 0 Å². The lowest BCUT2D eigenvalue weighted by Crippen LogP contribution is -2.48. The zero-order valence-electron chi connectivity index (χ0n) is 13.5. The molecular formula is C16H20N4O3S. The summed E-state index contributed by atoms with van der Waals surface area (Å²) in [5.41, 5.74) is 5.24. The number of primary amides is 1. The van der Waals surface area contributed by atoms with Crippen LogP contribution in [0.3, 0.4) is 0 Å². The van der Waals surface area contributed by atoms with Crippen molar-refractivity contribution in [1.29, 1.82) is 0 Å². The maximum absolute atomic E-state index is 12.5. The molecule has 2 atom stereocenters. The summed E-state index contributed by atoms with van der Waals surface area (Å²) in [6, 6.07) is 1.83. The van der Waals surface area contributed by atoms with E-state index >= 15 is 0 Å². The molecule has 1 fully saturated rings. The highest BCUT2D eigenvalue weighted by atomic mass is 32.1. The van der Waals surface area contributed by atoms with Gasteiger partial charge in [-0.25, -0.2) is 4.98 Å². The zero-order valence-corrected chi connectivity index (χ0v) is 14.3. The number of amides is 2. The van der Waals surface area contributed by atoms with Gasteiger partial charge in [0.05, 0.1) is 17.6 Å². The molecule has 2 amide bonds. The van der Waals surface area contributed by atoms with Crippen molar-refractivity contribution in [1.82, 2.24) is 14.5 Å². The number of nitrogens with zero attached hydrogens (tertiary/aromatic N) is 3. The number of aromatic nitrogens is 2. The van der Waals surface area contributed by atoms with Gasteiger partial charge < -0.3 is 10.6 Å². The number of piperidine rings is 1. The molecule has 1 saturated heterocycles. The van der Waals surface area contributed by atoms with Crippen molar-refractivity contribution in [3.63, 3.8) is 0 Å². The van der Waals surface area contributed by atoms with Crippen LogP contribution >= 0.6 is 11.3 Å². The van der Waals surface area contributed by atoms with Gasteiger partial charge in [-0.3, -0.25) is 19.0 Å². The molecule has 0 aromatic carbocycles. The summed E-state index contributed by atoms with van der Waals surface area (Å²) in [7, 11) is 0. The van der Waals surface area contributed by atoms with E-state index in [-0.39, 0.29) is 42.3 Å². The van der Waals surface area contributed by atoms with Crippen LogP contribution in [0, 0.1) is 5.92 Å². The third-order valence-corrected chi connectivity index (χ3v) is 5.44. The molecule has 128 valence electrons. The fraction of sp³-hybridized carbons (Fsp3) is 0.500. The smallest absolute Gasteiger partial charge is 0.262 e. The monoisotopic (exact) mass is 348 g/mol. The van der Waals surface area contributed by atoms with E-state index in [9.17, 15) is 14.4 Å². The molecule has 2 aromatic heterocycles. The molecule has 2 N–H and O–H groups in total. The highest BCUT2D eigenvalue weighted by molar-refractivity contribution is 7.16. The van der Waals surface area contributed by atoms with Gasteiger partial charge in [0.15, 0.2) is 0 Å². The summed E-state index contributed by atoms with van der Waals surface area (Å²) in [5, 5.41) is 2.41. The Kier molecular flexibility index (Phi) is 4.66. The Morgan fingerprint density at radius 3 is 2.96 bits per heavy atom. The van der Waals surface area contributed by atoms with E-state index in [1.54, 1.807) is 11.0 Å². The quantitative estimate of drug-likeness (QED) is 0.890. The van der Waals surface area contributed by atoms with Crippen molar-refractivity contribution < 1.29 is 9.59 Å². The van der Waals surface area contributed by atoms with Gasteiger partial charge in [0, 0.05) is 25.6 Å². The number of hydrogen-bond acceptors (Lipinski definition) is 5. The van der Waals surface area contributed by atoms with E-state index in [1.165, 1.54) is 22.2 Å². The first-order chi connectivity index (χ1) is 11.5. The van der Waals surface area contributed by atoms with Gasteiger partial charge in [0.1, 0.15) is 4.83 Å². The van der Waals surface area contributed by atoms with E-state index in [4.69, 9.17) is 5.73 Å². The third-order valence-electron chi connectivity index (χ3n) is 4.62. The van der Waals surface area contributed by atoms with Crippen LogP contribution in [0.25, 0.3) is 10.2 Å². The molecule has 24 heavy (non-hydrogen) atoms. The highest BCUT2D eigenvalue weighted by Gasteiger charge is 2.31. The van der Waals surface area contributed by atoms with Gasteiger partial charge in [0.25, 0.3) is 5.56 Å². The number of carbonyl (C=O) groups is 2. The largest absolute Gasteiger partial charge is 0.369 e. The van der Waals surface area contributed by atoms with Crippen molar-refractivity contribution in [3.05, 3.63) is 28.1 Å². The first-order valence-corrected chi connectivity index (χ1v) is 8.86. The minimum atomic E-state index is -0.358. The van der Waals surface area contributed by atoms with Crippen LogP contribution in [-0.2, 0) is 16.1 Å². The predicted molar refractivity (Wildman–Crippen MR) is 91.6 cm³/mol. The Morgan fingerprint density at radius 1 is 1.42 bits per heavy atom. The molecule has 3 heterocycles. The molecule has 0 bridgehead atoms. The molecule has 0 aliphatic carbocycles. The van der Waals surface area contributed by atoms with Gasteiger partial charge in [-0.05, 0) is 31.2 Å². The number of likely N-dealkylation sites (tertiary alicyclic amines) is 1. The van der Waals surface area contributed by atoms with Crippen molar-refractivity contribution in [2.75, 3.05) is 6.54 Å². The Labute approximate surface area is 143 Å². The summed E-state index contributed by atoms with van der Waals surface area (Å²) in [5.74, 6) is -0.703. The molecule has 3 rings (SSSR count). The number of hydrogen-bond donors (Lipinski definition) is 1. The zero-order chi connectivity index (χ0) is 17.3. The predicted octanol–water partition coefficient (Wildman–Crippen LogP) is 0.960. The Hall–Kier alpha value is -2.22. The first kappa shape index (κ1) is 16.6. The molecule has 0 unspecified atom stereocenters. The van der Waals surface area contributed by atoms with Crippen LogP contribution in [0.4, 0.5) is 0 Å². The first-order valence-electron chi connectivity index (χ1n) is 7.99. The number of fused-ring (bicyclic) bond motifs is 1. The molecule has 1 aliphatic rings. The van der Waals surface area contributed by atoms with Gasteiger partial charge in [-0.1, -0.05) is 0 Å². The summed E-state index contributed by atoms with van der Waals surface area (Å²) >= 11 is 1.42. The molecule has 7 nitrogen and oxygen atoms in total. The second kappa shape index (κ2) is 6.72. The van der Waals surface area contributed by atoms with Gasteiger partial charge >= 0.3 is 0 Å². The van der Waals surface area contributed by atoms with Crippen molar-refractivity contribution in [3.8, 4) is 0 Å². The summed E-state index contributed by atoms with van der Waals surface area (Å²) in [6.45, 7) is 2.62. The normalized spacial score (nSPS) is 21.1. The van der Waals surface area contributed by atoms with E-state index in [0.29, 0.717) is 16.8 Å². The molecular weight excluding hydrogens is 328 g/mol. The van der Waals surface area contributed by atoms with Crippen LogP contribution in [-0.4, -0.2) is 38.9 Å². The Balaban J connectivity index is 1.68. The van der Waals surface area contributed by atoms with Crippen LogP contribution in [0.2, 0.25) is 0 Å². The minimum absolute atomic E-state index is 0.0641. The fourth-order valence-electron chi connectivity index (χ4n) is 3.10. The third kappa shape index (κ3) is 3.19. The van der Waals surface area contributed by atoms with Crippen LogP contribution in [0.15, 0.2) is 22.6 Å². The SMILES string of the molecule is C[C@H]1CC[C@H](C(N)=O)CN1C(=O)CCn1cnc2sccc2c1=O. The number of aryl methyl sites for hydroxylation is 1. The lowest BCUT2D eigenvalue weighted by atomic mass is 9.92. The number of carbonyl (C=O) groups excluding carboxylic acids is 2. The standard InChI is InChI=1S/C16H20N4O3S/c1-10-2-3-11(14(17)22)8-20(10)13(21)4-6-19-9-18-15-12(16(19)23)5-7-24-15/h5,7,9-11H,2-4,6,8H2,1H3,(H2,17,22)/t10-,11-/m0/s1. The number of rotatable bonds is 4. The van der Waals surface area contributed by atoms with Crippen molar-refractivity contribution in [2.45, 2.75) is 38.8 Å².